The maximum Gasteiger partial charge on any atom is 3.00 e. The number of nitrogens with zero attached hydrogens (tertiary/aromatic N) is 1. The van der Waals surface area contributed by atoms with Gasteiger partial charge in [0.1, 0.15) is 0 Å². The molecule has 0 aromatic carbocycles. The minimum atomic E-state index is 0. The molecule has 0 amide bonds. The van der Waals surface area contributed by atoms with Crippen molar-refractivity contribution in [2.45, 2.75) is 22.3 Å². The Morgan fingerprint density at radius 3 is 1.20 bits per heavy atom. The Hall–Kier alpha value is 1.16. The Bertz CT molecular complexity index is 34.6. The third-order valence-corrected chi connectivity index (χ3v) is 0.0861. The van der Waals surface area contributed by atoms with E-state index in [1.807, 2.05) is 0 Å². The van der Waals surface area contributed by atoms with Gasteiger partial charge in [-0.15, -0.1) is 0 Å². The molecule has 1 radical (unpaired) electrons. The Morgan fingerprint density at radius 2 is 1.20 bits per heavy atom. The third kappa shape index (κ3) is 130. The van der Waals surface area contributed by atoms with Crippen molar-refractivity contribution in [3.05, 3.63) is 25.5 Å². The standard InChI is InChI=1S/C3H3N.3CH4.CH3.Ir.Y/c1-2-3-4;;;;;;/h1-3H;3*1H4;1H3;;/q-2;;;;-1;+3;. The van der Waals surface area contributed by atoms with Gasteiger partial charge in [0, 0.05) is 32.7 Å². The van der Waals surface area contributed by atoms with Gasteiger partial charge in [0.25, 0.3) is 0 Å². The molecule has 0 spiro atoms. The van der Waals surface area contributed by atoms with Crippen molar-refractivity contribution in [1.82, 2.24) is 0 Å². The van der Waals surface area contributed by atoms with E-state index in [0.717, 1.165) is 12.3 Å². The number of allylic oxidation sites excluding steroid dienone is 1. The van der Waals surface area contributed by atoms with E-state index in [4.69, 9.17) is 5.41 Å². The topological polar surface area (TPSA) is 22.3 Å². The first-order valence-corrected chi connectivity index (χ1v) is 0.925. The summed E-state index contributed by atoms with van der Waals surface area (Å²) in [6.45, 7) is 4.60. The maximum atomic E-state index is 7.57. The predicted molar refractivity (Wildman–Crippen MR) is 44.9 cm³/mol. The quantitative estimate of drug-likeness (QED) is 0.480. The molecule has 0 aliphatic heterocycles. The summed E-state index contributed by atoms with van der Waals surface area (Å²) in [5, 5.41) is 7.57. The van der Waals surface area contributed by atoms with E-state index in [0.29, 0.717) is 0 Å². The van der Waals surface area contributed by atoms with E-state index in [2.05, 4.69) is 6.58 Å². The van der Waals surface area contributed by atoms with Gasteiger partial charge in [0.2, 0.25) is 0 Å². The number of hydrogen-bond donors (Lipinski definition) is 0. The average Bonchev–Trinajstić information content (AvgIpc) is 1.37. The van der Waals surface area contributed by atoms with Crippen LogP contribution in [0.3, 0.4) is 0 Å². The Morgan fingerprint density at radius 1 is 1.10 bits per heavy atom. The zero-order valence-corrected chi connectivity index (χ0v) is 9.32. The smallest absolute Gasteiger partial charge is 0.911 e. The van der Waals surface area contributed by atoms with Gasteiger partial charge >= 0.3 is 20.1 Å². The monoisotopic (exact) mass is 398 g/mol. The van der Waals surface area contributed by atoms with Crippen LogP contribution in [0.25, 0.3) is 5.41 Å². The van der Waals surface area contributed by atoms with Crippen LogP contribution in [0, 0.1) is 14.0 Å². The summed E-state index contributed by atoms with van der Waals surface area (Å²) >= 11 is 0. The predicted octanol–water partition coefficient (Wildman–Crippen LogP) is 2.97. The number of hydrogen-bond acceptors (Lipinski definition) is 0. The van der Waals surface area contributed by atoms with E-state index in [9.17, 15) is 0 Å². The van der Waals surface area contributed by atoms with Gasteiger partial charge in [-0.2, -0.15) is 0 Å². The molecule has 0 aliphatic rings. The van der Waals surface area contributed by atoms with Gasteiger partial charge in [0.05, 0.1) is 0 Å². The van der Waals surface area contributed by atoms with Crippen LogP contribution >= 0.6 is 0 Å². The van der Waals surface area contributed by atoms with Crippen molar-refractivity contribution in [2.24, 2.45) is 0 Å². The fourth-order valence-corrected chi connectivity index (χ4v) is 0. The third-order valence-electron chi connectivity index (χ3n) is 0.0861. The molecule has 0 heterocycles. The van der Waals surface area contributed by atoms with Crippen LogP contribution in [-0.4, -0.2) is 6.21 Å². The van der Waals surface area contributed by atoms with Crippen molar-refractivity contribution in [3.63, 3.8) is 0 Å². The van der Waals surface area contributed by atoms with Gasteiger partial charge in [-0.05, 0) is 0 Å². The molecule has 3 heteroatoms. The van der Waals surface area contributed by atoms with E-state index in [1.165, 1.54) is 0 Å². The first-order chi connectivity index (χ1) is 1.91. The largest absolute Gasteiger partial charge is 3.00 e. The molecule has 0 fully saturated rings. The first-order valence-electron chi connectivity index (χ1n) is 0.925. The molecule has 0 atom stereocenters. The van der Waals surface area contributed by atoms with Gasteiger partial charge in [-0.25, -0.2) is 0 Å². The SMILES string of the molecule is C.C.C.[CH-]=CC=[N-].[CH3-].[Ir+3].[Y]. The van der Waals surface area contributed by atoms with Crippen molar-refractivity contribution < 1.29 is 52.8 Å². The van der Waals surface area contributed by atoms with Crippen molar-refractivity contribution in [1.29, 1.82) is 0 Å². The summed E-state index contributed by atoms with van der Waals surface area (Å²) < 4.78 is 0. The Balaban J connectivity index is -0.00000000300. The fourth-order valence-electron chi connectivity index (χ4n) is 0. The van der Waals surface area contributed by atoms with Crippen molar-refractivity contribution >= 4 is 6.21 Å². The molecular weight excluding hydrogens is 379 g/mol. The minimum absolute atomic E-state index is 0. The zero-order chi connectivity index (χ0) is 3.41. The Labute approximate surface area is 106 Å². The molecule has 0 saturated heterocycles. The molecule has 1 nitrogen and oxygen atoms in total. The van der Waals surface area contributed by atoms with Crippen LogP contribution < -0.4 is 0 Å². The molecule has 63 valence electrons. The first kappa shape index (κ1) is 66.5. The summed E-state index contributed by atoms with van der Waals surface area (Å²) in [6.07, 6.45) is 1.83. The molecule has 0 bridgehead atoms. The summed E-state index contributed by atoms with van der Waals surface area (Å²) in [6, 6.07) is 0. The molecule has 0 rings (SSSR count). The van der Waals surface area contributed by atoms with E-state index < -0.39 is 0 Å². The molecule has 10 heavy (non-hydrogen) atoms. The van der Waals surface area contributed by atoms with Gasteiger partial charge < -0.3 is 19.1 Å². The van der Waals surface area contributed by atoms with E-state index in [-0.39, 0.29) is 82.5 Å². The van der Waals surface area contributed by atoms with Crippen LogP contribution in [0.2, 0.25) is 0 Å². The van der Waals surface area contributed by atoms with Crippen molar-refractivity contribution in [2.75, 3.05) is 0 Å². The normalized spacial score (nSPS) is 2.00. The molecule has 0 aromatic rings. The second-order valence-corrected chi connectivity index (χ2v) is 0.342. The minimum Gasteiger partial charge on any atom is -0.911 e. The number of rotatable bonds is 1. The molecular formula is C7H18IrNY. The Kier molecular flexibility index (Phi) is 567. The average molecular weight is 397 g/mol. The summed E-state index contributed by atoms with van der Waals surface area (Å²) in [5.41, 5.74) is 0. The fraction of sp³-hybridized carbons (Fsp3) is 0.429. The summed E-state index contributed by atoms with van der Waals surface area (Å²) in [5.74, 6) is 0. The second kappa shape index (κ2) is 85.3. The molecule has 0 saturated carbocycles. The maximum absolute atomic E-state index is 7.57. The summed E-state index contributed by atoms with van der Waals surface area (Å²) in [4.78, 5) is 0. The van der Waals surface area contributed by atoms with Crippen LogP contribution in [0.15, 0.2) is 6.08 Å². The van der Waals surface area contributed by atoms with E-state index in [1.54, 1.807) is 0 Å². The van der Waals surface area contributed by atoms with Crippen LogP contribution in [0.4, 0.5) is 0 Å². The van der Waals surface area contributed by atoms with Crippen LogP contribution in [-0.2, 0) is 52.8 Å². The molecule has 0 unspecified atom stereocenters. The second-order valence-electron chi connectivity index (χ2n) is 0.342. The van der Waals surface area contributed by atoms with Gasteiger partial charge in [-0.1, -0.05) is 22.3 Å². The van der Waals surface area contributed by atoms with E-state index >= 15 is 0 Å². The van der Waals surface area contributed by atoms with Gasteiger partial charge in [-0.3, -0.25) is 12.7 Å². The van der Waals surface area contributed by atoms with Crippen LogP contribution in [0.5, 0.6) is 0 Å². The van der Waals surface area contributed by atoms with Crippen molar-refractivity contribution in [3.8, 4) is 0 Å². The van der Waals surface area contributed by atoms with Crippen LogP contribution in [0.1, 0.15) is 22.3 Å². The van der Waals surface area contributed by atoms with Gasteiger partial charge in [0.15, 0.2) is 0 Å². The zero-order valence-electron chi connectivity index (χ0n) is 4.09. The molecule has 0 N–H and O–H groups in total. The molecule has 0 aromatic heterocycles. The molecule has 0 aliphatic carbocycles. The summed E-state index contributed by atoms with van der Waals surface area (Å²) in [7, 11) is 0.